The Morgan fingerprint density at radius 1 is 1.22 bits per heavy atom. The lowest BCUT2D eigenvalue weighted by molar-refractivity contribution is 0.399. The average Bonchev–Trinajstić information content (AvgIpc) is 2.24. The molecule has 0 aromatic rings. The highest BCUT2D eigenvalue weighted by Gasteiger charge is 2.07. The Balaban J connectivity index is 0. The van der Waals surface area contributed by atoms with Crippen LogP contribution in [-0.2, 0) is 0 Å². The second-order valence-electron chi connectivity index (χ2n) is 2.04. The molecule has 1 rings (SSSR count). The van der Waals surface area contributed by atoms with Gasteiger partial charge in [0.2, 0.25) is 0 Å². The predicted octanol–water partition coefficient (Wildman–Crippen LogP) is 0.918. The zero-order chi connectivity index (χ0) is 6.41. The first kappa shape index (κ1) is 11.9. The zero-order valence-electron chi connectivity index (χ0n) is 5.84. The molecule has 1 aliphatic carbocycles. The molecular weight excluding hydrogens is 138 g/mol. The van der Waals surface area contributed by atoms with Crippen molar-refractivity contribution in [1.82, 2.24) is 0 Å². The maximum absolute atomic E-state index is 7.00. The fourth-order valence-corrected chi connectivity index (χ4v) is 0.957. The van der Waals surface area contributed by atoms with Crippen LogP contribution in [0.5, 0.6) is 0 Å². The van der Waals surface area contributed by atoms with Gasteiger partial charge in [-0.1, -0.05) is 12.8 Å². The minimum atomic E-state index is 0. The highest BCUT2D eigenvalue weighted by molar-refractivity contribution is 5.85. The van der Waals surface area contributed by atoms with Crippen LogP contribution >= 0.6 is 12.4 Å². The molecule has 1 fully saturated rings. The van der Waals surface area contributed by atoms with Crippen molar-refractivity contribution in [2.45, 2.75) is 31.7 Å². The van der Waals surface area contributed by atoms with Crippen LogP contribution in [0.15, 0.2) is 0 Å². The second kappa shape index (κ2) is 8.21. The fourth-order valence-electron chi connectivity index (χ4n) is 0.957. The molecule has 0 heterocycles. The van der Waals surface area contributed by atoms with Crippen molar-refractivity contribution >= 4 is 12.4 Å². The van der Waals surface area contributed by atoms with Gasteiger partial charge in [0, 0.05) is 13.2 Å². The molecule has 0 radical (unpaired) electrons. The molecule has 0 bridgehead atoms. The van der Waals surface area contributed by atoms with Gasteiger partial charge in [0.15, 0.2) is 0 Å². The summed E-state index contributed by atoms with van der Waals surface area (Å²) >= 11 is 0. The Morgan fingerprint density at radius 3 is 1.67 bits per heavy atom. The van der Waals surface area contributed by atoms with E-state index in [2.05, 4.69) is 0 Å². The number of halogens is 1. The third-order valence-corrected chi connectivity index (χ3v) is 1.40. The van der Waals surface area contributed by atoms with E-state index < -0.39 is 0 Å². The molecule has 0 aromatic carbocycles. The zero-order valence-corrected chi connectivity index (χ0v) is 6.66. The lowest BCUT2D eigenvalue weighted by Gasteiger charge is -1.92. The number of nitrogens with two attached hydrogens (primary N) is 1. The largest absolute Gasteiger partial charge is 0.400 e. The van der Waals surface area contributed by atoms with Crippen molar-refractivity contribution in [1.29, 1.82) is 0 Å². The number of aliphatic hydroxyl groups excluding tert-OH is 1. The van der Waals surface area contributed by atoms with Gasteiger partial charge in [0.05, 0.1) is 0 Å². The molecule has 0 spiro atoms. The van der Waals surface area contributed by atoms with E-state index in [1.165, 1.54) is 25.7 Å². The second-order valence-corrected chi connectivity index (χ2v) is 2.04. The maximum Gasteiger partial charge on any atom is 0.0319 e. The van der Waals surface area contributed by atoms with Gasteiger partial charge in [-0.15, -0.1) is 12.4 Å². The van der Waals surface area contributed by atoms with E-state index in [-0.39, 0.29) is 12.4 Å². The normalized spacial score (nSPS) is 17.7. The summed E-state index contributed by atoms with van der Waals surface area (Å²) in [5, 5.41) is 7.00. The van der Waals surface area contributed by atoms with Crippen molar-refractivity contribution in [3.8, 4) is 0 Å². The van der Waals surface area contributed by atoms with Gasteiger partial charge in [-0.05, 0) is 12.8 Å². The molecule has 0 amide bonds. The highest BCUT2D eigenvalue weighted by Crippen LogP contribution is 2.14. The Hall–Kier alpha value is 0.210. The predicted molar refractivity (Wildman–Crippen MR) is 41.8 cm³/mol. The lowest BCUT2D eigenvalue weighted by Crippen LogP contribution is -2.13. The number of hydrogen-bond acceptors (Lipinski definition) is 2. The highest BCUT2D eigenvalue weighted by atomic mass is 35.5. The summed E-state index contributed by atoms with van der Waals surface area (Å²) in [6, 6.07) is 0.546. The number of hydrogen-bond donors (Lipinski definition) is 2. The minimum Gasteiger partial charge on any atom is -0.400 e. The van der Waals surface area contributed by atoms with Crippen LogP contribution in [-0.4, -0.2) is 18.3 Å². The molecule has 3 N–H and O–H groups in total. The van der Waals surface area contributed by atoms with Crippen LogP contribution in [0, 0.1) is 0 Å². The summed E-state index contributed by atoms with van der Waals surface area (Å²) in [4.78, 5) is 0. The summed E-state index contributed by atoms with van der Waals surface area (Å²) in [5.74, 6) is 0. The Labute approximate surface area is 62.9 Å². The summed E-state index contributed by atoms with van der Waals surface area (Å²) in [7, 11) is 1.00. The van der Waals surface area contributed by atoms with E-state index in [1.807, 2.05) is 0 Å². The first-order valence-corrected chi connectivity index (χ1v) is 3.10. The van der Waals surface area contributed by atoms with E-state index in [0.717, 1.165) is 7.11 Å². The van der Waals surface area contributed by atoms with Gasteiger partial charge in [0.25, 0.3) is 0 Å². The van der Waals surface area contributed by atoms with Gasteiger partial charge in [-0.3, -0.25) is 0 Å². The third-order valence-electron chi connectivity index (χ3n) is 1.40. The van der Waals surface area contributed by atoms with Crippen molar-refractivity contribution in [3.63, 3.8) is 0 Å². The maximum atomic E-state index is 7.00. The molecule has 2 nitrogen and oxygen atoms in total. The van der Waals surface area contributed by atoms with Crippen molar-refractivity contribution < 1.29 is 5.11 Å². The van der Waals surface area contributed by atoms with Crippen molar-refractivity contribution in [2.75, 3.05) is 7.11 Å². The van der Waals surface area contributed by atoms with Crippen LogP contribution in [0.4, 0.5) is 0 Å². The van der Waals surface area contributed by atoms with Crippen molar-refractivity contribution in [2.24, 2.45) is 5.73 Å². The average molecular weight is 154 g/mol. The summed E-state index contributed by atoms with van der Waals surface area (Å²) < 4.78 is 0. The lowest BCUT2D eigenvalue weighted by atomic mass is 10.3. The van der Waals surface area contributed by atoms with Crippen LogP contribution in [0.25, 0.3) is 0 Å². The summed E-state index contributed by atoms with van der Waals surface area (Å²) in [6.45, 7) is 0. The Kier molecular flexibility index (Phi) is 10.9. The number of rotatable bonds is 0. The van der Waals surface area contributed by atoms with Crippen LogP contribution < -0.4 is 5.73 Å². The standard InChI is InChI=1S/C5H11N.CH4O.ClH/c6-5-3-1-2-4-5;1-2;/h5H,1-4,6H2;2H,1H3;1H. The Morgan fingerprint density at radius 2 is 1.56 bits per heavy atom. The van der Waals surface area contributed by atoms with Crippen LogP contribution in [0.1, 0.15) is 25.7 Å². The molecule has 0 saturated heterocycles. The smallest absolute Gasteiger partial charge is 0.0319 e. The van der Waals surface area contributed by atoms with Crippen LogP contribution in [0.3, 0.4) is 0 Å². The third kappa shape index (κ3) is 6.09. The van der Waals surface area contributed by atoms with Gasteiger partial charge in [0.1, 0.15) is 0 Å². The molecule has 1 saturated carbocycles. The molecule has 1 aliphatic rings. The molecule has 0 atom stereocenters. The monoisotopic (exact) mass is 153 g/mol. The first-order valence-electron chi connectivity index (χ1n) is 3.10. The summed E-state index contributed by atoms with van der Waals surface area (Å²) in [5.41, 5.74) is 5.53. The van der Waals surface area contributed by atoms with Crippen LogP contribution in [0.2, 0.25) is 0 Å². The van der Waals surface area contributed by atoms with Gasteiger partial charge in [-0.25, -0.2) is 0 Å². The topological polar surface area (TPSA) is 46.2 Å². The van der Waals surface area contributed by atoms with E-state index in [9.17, 15) is 0 Å². The molecule has 58 valence electrons. The van der Waals surface area contributed by atoms with E-state index in [4.69, 9.17) is 10.8 Å². The molecule has 0 unspecified atom stereocenters. The quantitative estimate of drug-likeness (QED) is 0.544. The first-order chi connectivity index (χ1) is 3.89. The van der Waals surface area contributed by atoms with E-state index in [1.54, 1.807) is 0 Å². The Bertz CT molecular complexity index is 46.3. The van der Waals surface area contributed by atoms with Gasteiger partial charge >= 0.3 is 0 Å². The minimum absolute atomic E-state index is 0. The van der Waals surface area contributed by atoms with Gasteiger partial charge < -0.3 is 10.8 Å². The van der Waals surface area contributed by atoms with E-state index >= 15 is 0 Å². The molecule has 9 heavy (non-hydrogen) atoms. The molecule has 0 aromatic heterocycles. The SMILES string of the molecule is CO.Cl.NC1CCCC1. The molecule has 0 aliphatic heterocycles. The summed E-state index contributed by atoms with van der Waals surface area (Å²) in [6.07, 6.45) is 5.25. The van der Waals surface area contributed by atoms with E-state index in [0.29, 0.717) is 6.04 Å². The molecular formula is C6H16ClNO. The fraction of sp³-hybridized carbons (Fsp3) is 1.00. The number of aliphatic hydroxyl groups is 1. The van der Waals surface area contributed by atoms with Gasteiger partial charge in [-0.2, -0.15) is 0 Å². The molecule has 3 heteroatoms. The van der Waals surface area contributed by atoms with Crippen molar-refractivity contribution in [3.05, 3.63) is 0 Å².